The van der Waals surface area contributed by atoms with Gasteiger partial charge in [-0.2, -0.15) is 0 Å². The number of allylic oxidation sites excluding steroid dienone is 4. The van der Waals surface area contributed by atoms with Crippen LogP contribution >= 0.6 is 0 Å². The smallest absolute Gasteiger partial charge is 0.555 e. The van der Waals surface area contributed by atoms with Crippen molar-refractivity contribution < 1.29 is 28.8 Å². The number of rotatable bonds is 2. The molecule has 1 aliphatic rings. The fourth-order valence-corrected chi connectivity index (χ4v) is 3.47. The van der Waals surface area contributed by atoms with E-state index in [1.807, 2.05) is 19.5 Å². The molecule has 13 heavy (non-hydrogen) atoms. The van der Waals surface area contributed by atoms with E-state index >= 15 is 0 Å². The van der Waals surface area contributed by atoms with Gasteiger partial charge in [0.25, 0.3) is 0 Å². The van der Waals surface area contributed by atoms with Crippen LogP contribution in [0.1, 0.15) is 13.8 Å². The molecule has 4 heteroatoms. The van der Waals surface area contributed by atoms with Crippen LogP contribution in [-0.4, -0.2) is 14.4 Å². The molecule has 0 spiro atoms. The second-order valence-electron chi connectivity index (χ2n) is 2.93. The molecular formula is C9H11LiO2Si. The summed E-state index contributed by atoms with van der Waals surface area (Å²) < 4.78 is 0. The maximum Gasteiger partial charge on any atom is 1.00 e. The first kappa shape index (κ1) is 12.5. The van der Waals surface area contributed by atoms with E-state index in [0.29, 0.717) is 0 Å². The van der Waals surface area contributed by atoms with E-state index in [2.05, 4.69) is 6.58 Å². The van der Waals surface area contributed by atoms with Crippen LogP contribution in [0.5, 0.6) is 0 Å². The van der Waals surface area contributed by atoms with E-state index in [1.54, 1.807) is 6.08 Å². The standard InChI is InChI=1S/C9H12O2Si.Li/c1-4-8-5-12(9(10)11)7(3)6(8)2;/h4-5,12H,1H2,2-3H3,(H,10,11);/q;+1/p-1. The molecule has 0 radical (unpaired) electrons. The molecule has 0 aromatic heterocycles. The number of carboxylic acid groups (broad SMARTS) is 1. The van der Waals surface area contributed by atoms with Crippen LogP contribution in [0.2, 0.25) is 0 Å². The molecule has 1 unspecified atom stereocenters. The van der Waals surface area contributed by atoms with Crippen molar-refractivity contribution in [2.45, 2.75) is 13.8 Å². The third-order valence-electron chi connectivity index (χ3n) is 2.31. The summed E-state index contributed by atoms with van der Waals surface area (Å²) in [6.45, 7) is 7.43. The van der Waals surface area contributed by atoms with Crippen molar-refractivity contribution in [3.05, 3.63) is 34.7 Å². The van der Waals surface area contributed by atoms with Crippen molar-refractivity contribution in [2.75, 3.05) is 0 Å². The number of hydrogen-bond donors (Lipinski definition) is 0. The third kappa shape index (κ3) is 2.25. The SMILES string of the molecule is C=CC1=C[SiH](C(=O)[O-])C(C)=C1C.[Li+]. The normalized spacial score (nSPS) is 20.8. The van der Waals surface area contributed by atoms with Crippen LogP contribution in [0, 0.1) is 0 Å². The molecule has 0 fully saturated rings. The minimum atomic E-state index is -1.93. The van der Waals surface area contributed by atoms with Gasteiger partial charge in [0.1, 0.15) is 8.80 Å². The molecule has 2 nitrogen and oxygen atoms in total. The first-order chi connectivity index (χ1) is 5.57. The Labute approximate surface area is 91.8 Å². The Morgan fingerprint density at radius 2 is 2.15 bits per heavy atom. The summed E-state index contributed by atoms with van der Waals surface area (Å²) in [7, 11) is -1.93. The summed E-state index contributed by atoms with van der Waals surface area (Å²) in [5, 5.41) is 11.6. The topological polar surface area (TPSA) is 40.1 Å². The van der Waals surface area contributed by atoms with Crippen molar-refractivity contribution in [3.8, 4) is 0 Å². The Morgan fingerprint density at radius 3 is 2.38 bits per heavy atom. The summed E-state index contributed by atoms with van der Waals surface area (Å²) in [5.41, 5.74) is 2.94. The predicted molar refractivity (Wildman–Crippen MR) is 49.2 cm³/mol. The molecule has 0 N–H and O–H groups in total. The molecule has 1 heterocycles. The Hall–Kier alpha value is -0.496. The molecule has 64 valence electrons. The van der Waals surface area contributed by atoms with Gasteiger partial charge in [0.2, 0.25) is 0 Å². The average Bonchev–Trinajstić information content (AvgIpc) is 2.30. The van der Waals surface area contributed by atoms with Crippen molar-refractivity contribution in [2.24, 2.45) is 0 Å². The maximum absolute atomic E-state index is 10.7. The van der Waals surface area contributed by atoms with Gasteiger partial charge in [0, 0.05) is 5.59 Å². The first-order valence-corrected chi connectivity index (χ1v) is 5.63. The van der Waals surface area contributed by atoms with Gasteiger partial charge in [-0.25, -0.2) is 0 Å². The van der Waals surface area contributed by atoms with Crippen LogP contribution in [0.4, 0.5) is 4.79 Å². The Morgan fingerprint density at radius 1 is 1.62 bits per heavy atom. The molecule has 0 bridgehead atoms. The zero-order valence-electron chi connectivity index (χ0n) is 8.26. The van der Waals surface area contributed by atoms with E-state index in [9.17, 15) is 9.90 Å². The van der Waals surface area contributed by atoms with Crippen molar-refractivity contribution >= 4 is 14.4 Å². The molecule has 0 amide bonds. The van der Waals surface area contributed by atoms with Crippen molar-refractivity contribution in [3.63, 3.8) is 0 Å². The predicted octanol–water partition coefficient (Wildman–Crippen LogP) is -2.32. The van der Waals surface area contributed by atoms with Gasteiger partial charge < -0.3 is 9.90 Å². The molecule has 1 atom stereocenters. The zero-order chi connectivity index (χ0) is 9.30. The van der Waals surface area contributed by atoms with Crippen molar-refractivity contribution in [1.82, 2.24) is 0 Å². The van der Waals surface area contributed by atoms with Gasteiger partial charge in [0.05, 0.1) is 0 Å². The monoisotopic (exact) mass is 186 g/mol. The van der Waals surface area contributed by atoms with Crippen molar-refractivity contribution in [1.29, 1.82) is 0 Å². The minimum Gasteiger partial charge on any atom is -0.555 e. The van der Waals surface area contributed by atoms with Crippen LogP contribution < -0.4 is 24.0 Å². The molecule has 0 aliphatic carbocycles. The molecule has 0 aromatic rings. The van der Waals surface area contributed by atoms with Gasteiger partial charge in [-0.3, -0.25) is 0 Å². The largest absolute Gasteiger partial charge is 1.00 e. The van der Waals surface area contributed by atoms with Gasteiger partial charge in [-0.05, 0) is 25.0 Å². The second kappa shape index (κ2) is 4.66. The molecule has 0 aromatic carbocycles. The van der Waals surface area contributed by atoms with E-state index in [0.717, 1.165) is 16.3 Å². The van der Waals surface area contributed by atoms with E-state index in [4.69, 9.17) is 0 Å². The van der Waals surface area contributed by atoms with Gasteiger partial charge in [-0.15, -0.1) is 0 Å². The summed E-state index contributed by atoms with van der Waals surface area (Å²) in [6, 6.07) is 0. The second-order valence-corrected chi connectivity index (χ2v) is 5.56. The first-order valence-electron chi connectivity index (χ1n) is 3.80. The quantitative estimate of drug-likeness (QED) is 0.454. The zero-order valence-corrected chi connectivity index (χ0v) is 9.41. The fraction of sp³-hybridized carbons (Fsp3) is 0.222. The number of carbonyl (C=O) groups is 1. The summed E-state index contributed by atoms with van der Waals surface area (Å²) in [5.74, 6) is 0. The fourth-order valence-electron chi connectivity index (χ4n) is 1.36. The minimum absolute atomic E-state index is 0. The summed E-state index contributed by atoms with van der Waals surface area (Å²) in [4.78, 5) is 10.7. The summed E-state index contributed by atoms with van der Waals surface area (Å²) in [6.07, 6.45) is 1.70. The van der Waals surface area contributed by atoms with Crippen LogP contribution in [0.15, 0.2) is 34.7 Å². The van der Waals surface area contributed by atoms with Crippen LogP contribution in [0.25, 0.3) is 0 Å². The van der Waals surface area contributed by atoms with E-state index < -0.39 is 14.4 Å². The Kier molecular flexibility index (Phi) is 4.48. The Bertz CT molecular complexity index is 305. The van der Waals surface area contributed by atoms with Gasteiger partial charge in [0.15, 0.2) is 0 Å². The maximum atomic E-state index is 10.7. The molecular weight excluding hydrogens is 175 g/mol. The van der Waals surface area contributed by atoms with Gasteiger partial charge >= 0.3 is 18.9 Å². The molecule has 1 aliphatic heterocycles. The number of hydrogen-bond acceptors (Lipinski definition) is 2. The van der Waals surface area contributed by atoms with Crippen LogP contribution in [-0.2, 0) is 0 Å². The van der Waals surface area contributed by atoms with Crippen LogP contribution in [0.3, 0.4) is 0 Å². The molecule has 0 saturated heterocycles. The number of carbonyl (C=O) groups excluding carboxylic acids is 1. The molecule has 0 saturated carbocycles. The average molecular weight is 186 g/mol. The Balaban J connectivity index is 0.00000144. The third-order valence-corrected chi connectivity index (χ3v) is 4.88. The van der Waals surface area contributed by atoms with E-state index in [-0.39, 0.29) is 18.9 Å². The molecule has 1 rings (SSSR count). The van der Waals surface area contributed by atoms with Gasteiger partial charge in [-0.1, -0.05) is 23.6 Å². The van der Waals surface area contributed by atoms with E-state index in [1.165, 1.54) is 0 Å². The summed E-state index contributed by atoms with van der Waals surface area (Å²) >= 11 is 0.